The van der Waals surface area contributed by atoms with Crippen molar-refractivity contribution in [2.24, 2.45) is 34.5 Å². The molecule has 8 atom stereocenters. The molecule has 0 saturated heterocycles. The fourth-order valence-electron chi connectivity index (χ4n) is 7.42. The van der Waals surface area contributed by atoms with E-state index in [1.54, 1.807) is 19.1 Å². The third-order valence-electron chi connectivity index (χ3n) is 9.27. The molecule has 8 heteroatoms. The topological polar surface area (TPSA) is 104 Å². The number of aliphatic hydroxyl groups is 3. The highest BCUT2D eigenvalue weighted by atomic mass is 19.1. The number of hydrogen-bond donors (Lipinski definition) is 3. The molecule has 0 aliphatic heterocycles. The number of hydrogen-bond acceptors (Lipinski definition) is 6. The summed E-state index contributed by atoms with van der Waals surface area (Å²) in [7, 11) is 0. The summed E-state index contributed by atoms with van der Waals surface area (Å²) in [6, 6.07) is 2.40. The number of ether oxygens (including phenoxy) is 1. The van der Waals surface area contributed by atoms with E-state index in [0.29, 0.717) is 18.1 Å². The maximum atomic E-state index is 14.3. The highest BCUT2D eigenvalue weighted by Gasteiger charge is 2.76. The number of aliphatic hydroxyl groups excluding tert-OH is 2. The van der Waals surface area contributed by atoms with Crippen LogP contribution in [0.2, 0.25) is 0 Å². The van der Waals surface area contributed by atoms with Crippen molar-refractivity contribution in [3.05, 3.63) is 58.7 Å². The Morgan fingerprint density at radius 3 is 2.57 bits per heavy atom. The fourth-order valence-corrected chi connectivity index (χ4v) is 7.42. The molecule has 0 radical (unpaired) electrons. The van der Waals surface area contributed by atoms with Crippen LogP contribution >= 0.6 is 0 Å². The SMILES string of the molecule is CC1=C[C@]23C(=O)[C@@H](C=C(CO)[C@@H](O)[C@]2(O)[C@H]1OC(=O)c1ccc(F)cc1F)[C@H]1[C@@H](C[C@H]3C)C1(C)C. The standard InChI is InChI=1S/C27H30F2O6/c1-12-10-26-13(2)7-18-20(25(18,3)4)17(22(26)32)8-14(11-30)21(31)27(26,34)23(12)35-24(33)16-6-5-15(28)9-19(16)29/h5-6,8-10,13,17-18,20-21,23,30-31,34H,7,11H2,1-4H3/t13-,17+,18-,20+,21-,23+,26+,27+/m1/s1. The van der Waals surface area contributed by atoms with E-state index in [-0.39, 0.29) is 28.6 Å². The molecule has 0 heterocycles. The Hall–Kier alpha value is -2.42. The minimum atomic E-state index is -2.32. The van der Waals surface area contributed by atoms with Crippen LogP contribution in [0.3, 0.4) is 0 Å². The molecule has 2 bridgehead atoms. The van der Waals surface area contributed by atoms with E-state index < -0.39 is 64.8 Å². The summed E-state index contributed by atoms with van der Waals surface area (Å²) >= 11 is 0. The lowest BCUT2D eigenvalue weighted by atomic mass is 9.59. The molecule has 0 amide bonds. The molecule has 2 saturated carbocycles. The Morgan fingerprint density at radius 1 is 1.26 bits per heavy atom. The monoisotopic (exact) mass is 488 g/mol. The van der Waals surface area contributed by atoms with E-state index in [2.05, 4.69) is 13.8 Å². The first kappa shape index (κ1) is 24.3. The van der Waals surface area contributed by atoms with Gasteiger partial charge in [-0.1, -0.05) is 32.9 Å². The van der Waals surface area contributed by atoms with Crippen molar-refractivity contribution < 1.29 is 38.4 Å². The Kier molecular flexibility index (Phi) is 5.23. The van der Waals surface area contributed by atoms with Crippen LogP contribution in [0.25, 0.3) is 0 Å². The number of halogens is 2. The van der Waals surface area contributed by atoms with E-state index in [0.717, 1.165) is 12.1 Å². The molecule has 35 heavy (non-hydrogen) atoms. The van der Waals surface area contributed by atoms with Gasteiger partial charge in [0.1, 0.15) is 17.7 Å². The molecule has 1 spiro atoms. The second kappa shape index (κ2) is 7.54. The second-order valence-corrected chi connectivity index (χ2v) is 11.3. The smallest absolute Gasteiger partial charge is 0.341 e. The molecular weight excluding hydrogens is 458 g/mol. The van der Waals surface area contributed by atoms with Gasteiger partial charge in [-0.3, -0.25) is 4.79 Å². The van der Waals surface area contributed by atoms with Crippen LogP contribution in [-0.2, 0) is 9.53 Å². The highest BCUT2D eigenvalue weighted by molar-refractivity contribution is 5.96. The zero-order chi connectivity index (χ0) is 25.7. The van der Waals surface area contributed by atoms with Crippen LogP contribution in [-0.4, -0.2) is 51.5 Å². The molecule has 4 aliphatic rings. The molecule has 188 valence electrons. The molecule has 3 N–H and O–H groups in total. The quantitative estimate of drug-likeness (QED) is 0.447. The summed E-state index contributed by atoms with van der Waals surface area (Å²) in [5, 5.41) is 33.9. The number of allylic oxidation sites excluding steroid dienone is 1. The van der Waals surface area contributed by atoms with Gasteiger partial charge in [0, 0.05) is 12.0 Å². The van der Waals surface area contributed by atoms with E-state index in [1.807, 2.05) is 6.92 Å². The average Bonchev–Trinajstić information content (AvgIpc) is 3.27. The van der Waals surface area contributed by atoms with Gasteiger partial charge in [0.25, 0.3) is 0 Å². The van der Waals surface area contributed by atoms with Gasteiger partial charge in [0.2, 0.25) is 0 Å². The van der Waals surface area contributed by atoms with Gasteiger partial charge in [0.05, 0.1) is 17.6 Å². The maximum Gasteiger partial charge on any atom is 0.341 e. The van der Waals surface area contributed by atoms with Gasteiger partial charge in [-0.25, -0.2) is 13.6 Å². The zero-order valence-electron chi connectivity index (χ0n) is 20.1. The van der Waals surface area contributed by atoms with Gasteiger partial charge in [0.15, 0.2) is 17.5 Å². The van der Waals surface area contributed by atoms with Crippen LogP contribution < -0.4 is 0 Å². The lowest BCUT2D eigenvalue weighted by Crippen LogP contribution is -2.65. The number of ketones is 1. The Bertz CT molecular complexity index is 1190. The number of Topliss-reactive ketones (excluding diaryl/α,β-unsaturated/α-hetero) is 1. The third-order valence-corrected chi connectivity index (χ3v) is 9.27. The molecule has 2 fully saturated rings. The minimum absolute atomic E-state index is 0.00320. The summed E-state index contributed by atoms with van der Waals surface area (Å²) in [5.41, 5.74) is -4.11. The third kappa shape index (κ3) is 2.96. The van der Waals surface area contributed by atoms with Gasteiger partial charge < -0.3 is 20.1 Å². The average molecular weight is 489 g/mol. The van der Waals surface area contributed by atoms with Crippen molar-refractivity contribution >= 4 is 11.8 Å². The van der Waals surface area contributed by atoms with Crippen LogP contribution in [0.5, 0.6) is 0 Å². The van der Waals surface area contributed by atoms with Crippen LogP contribution in [0, 0.1) is 46.1 Å². The van der Waals surface area contributed by atoms with Crippen molar-refractivity contribution in [3.8, 4) is 0 Å². The number of esters is 1. The van der Waals surface area contributed by atoms with Gasteiger partial charge in [-0.15, -0.1) is 0 Å². The number of carbonyl (C=O) groups excluding carboxylic acids is 2. The number of carbonyl (C=O) groups is 2. The molecule has 0 aromatic heterocycles. The van der Waals surface area contributed by atoms with E-state index in [9.17, 15) is 33.7 Å². The summed E-state index contributed by atoms with van der Waals surface area (Å²) < 4.78 is 33.2. The largest absolute Gasteiger partial charge is 0.451 e. The van der Waals surface area contributed by atoms with E-state index in [4.69, 9.17) is 4.74 Å². The number of fused-ring (bicyclic) bond motifs is 3. The zero-order valence-corrected chi connectivity index (χ0v) is 20.1. The predicted octanol–water partition coefficient (Wildman–Crippen LogP) is 2.96. The Morgan fingerprint density at radius 2 is 1.94 bits per heavy atom. The summed E-state index contributed by atoms with van der Waals surface area (Å²) in [5.74, 6) is -4.27. The maximum absolute atomic E-state index is 14.3. The molecule has 1 aromatic carbocycles. The molecule has 5 rings (SSSR count). The molecule has 4 aliphatic carbocycles. The Labute approximate surface area is 202 Å². The Balaban J connectivity index is 1.63. The van der Waals surface area contributed by atoms with E-state index >= 15 is 0 Å². The molecule has 1 aromatic rings. The van der Waals surface area contributed by atoms with Gasteiger partial charge in [-0.2, -0.15) is 0 Å². The first-order chi connectivity index (χ1) is 16.3. The molecular formula is C27H30F2O6. The van der Waals surface area contributed by atoms with Crippen molar-refractivity contribution in [1.82, 2.24) is 0 Å². The summed E-state index contributed by atoms with van der Waals surface area (Å²) in [6.45, 7) is 7.03. The van der Waals surface area contributed by atoms with Gasteiger partial charge >= 0.3 is 5.97 Å². The lowest BCUT2D eigenvalue weighted by Gasteiger charge is -2.48. The molecule has 6 nitrogen and oxygen atoms in total. The van der Waals surface area contributed by atoms with E-state index in [1.165, 1.54) is 0 Å². The van der Waals surface area contributed by atoms with Crippen LogP contribution in [0.1, 0.15) is 44.5 Å². The first-order valence-corrected chi connectivity index (χ1v) is 11.9. The highest BCUT2D eigenvalue weighted by Crippen LogP contribution is 2.71. The summed E-state index contributed by atoms with van der Waals surface area (Å²) in [6.07, 6.45) is 0.593. The van der Waals surface area contributed by atoms with Crippen molar-refractivity contribution in [3.63, 3.8) is 0 Å². The van der Waals surface area contributed by atoms with Crippen LogP contribution in [0.4, 0.5) is 8.78 Å². The normalized spacial score (nSPS) is 41.1. The lowest BCUT2D eigenvalue weighted by molar-refractivity contribution is -0.190. The predicted molar refractivity (Wildman–Crippen MR) is 121 cm³/mol. The van der Waals surface area contributed by atoms with Gasteiger partial charge in [-0.05, 0) is 59.8 Å². The van der Waals surface area contributed by atoms with Crippen LogP contribution in [0.15, 0.2) is 41.5 Å². The van der Waals surface area contributed by atoms with Crippen molar-refractivity contribution in [2.45, 2.75) is 51.9 Å². The van der Waals surface area contributed by atoms with Crippen molar-refractivity contribution in [1.29, 1.82) is 0 Å². The number of rotatable bonds is 3. The summed E-state index contributed by atoms with van der Waals surface area (Å²) in [4.78, 5) is 27.2. The fraction of sp³-hybridized carbons (Fsp3) is 0.556. The van der Waals surface area contributed by atoms with Crippen molar-refractivity contribution in [2.75, 3.05) is 6.61 Å². The number of benzene rings is 1. The second-order valence-electron chi connectivity index (χ2n) is 11.3. The first-order valence-electron chi connectivity index (χ1n) is 11.9. The minimum Gasteiger partial charge on any atom is -0.451 e. The molecule has 0 unspecified atom stereocenters.